The second-order valence-corrected chi connectivity index (χ2v) is 5.62. The molecule has 0 amide bonds. The van der Waals surface area contributed by atoms with Crippen LogP contribution in [0.3, 0.4) is 0 Å². The summed E-state index contributed by atoms with van der Waals surface area (Å²) in [6.07, 6.45) is 3.37. The normalized spacial score (nSPS) is 10.1. The molecule has 4 rings (SSSR count). The molecule has 9 heteroatoms. The molecule has 9 nitrogen and oxygen atoms in total. The number of nitriles is 2. The third-order valence-electron chi connectivity index (χ3n) is 3.87. The average Bonchev–Trinajstić information content (AvgIpc) is 3.18. The van der Waals surface area contributed by atoms with Crippen LogP contribution in [0, 0.1) is 22.7 Å². The minimum Gasteiger partial charge on any atom is -0.276 e. The van der Waals surface area contributed by atoms with Gasteiger partial charge < -0.3 is 0 Å². The Morgan fingerprint density at radius 1 is 0.964 bits per heavy atom. The highest BCUT2D eigenvalue weighted by Gasteiger charge is 2.11. The molecule has 1 N–H and O–H groups in total. The third-order valence-corrected chi connectivity index (χ3v) is 3.87. The van der Waals surface area contributed by atoms with Gasteiger partial charge in [0.25, 0.3) is 0 Å². The minimum absolute atomic E-state index is 0.253. The molecule has 1 aromatic carbocycles. The summed E-state index contributed by atoms with van der Waals surface area (Å²) in [5.41, 5.74) is 6.09. The van der Waals surface area contributed by atoms with Crippen LogP contribution in [-0.2, 0) is 0 Å². The van der Waals surface area contributed by atoms with Gasteiger partial charge in [0.2, 0.25) is 5.71 Å². The molecule has 0 aliphatic heterocycles. The van der Waals surface area contributed by atoms with Gasteiger partial charge in [0.15, 0.2) is 11.5 Å². The topological polar surface area (TPSA) is 128 Å². The summed E-state index contributed by atoms with van der Waals surface area (Å²) in [4.78, 5) is 4.02. The first kappa shape index (κ1) is 16.8. The molecule has 0 spiro atoms. The van der Waals surface area contributed by atoms with E-state index >= 15 is 0 Å². The molecule has 3 heterocycles. The van der Waals surface area contributed by atoms with Gasteiger partial charge in [-0.2, -0.15) is 25.2 Å². The van der Waals surface area contributed by atoms with Crippen LogP contribution < -0.4 is 5.43 Å². The smallest absolute Gasteiger partial charge is 0.237 e. The van der Waals surface area contributed by atoms with Crippen molar-refractivity contribution < 1.29 is 0 Å². The lowest BCUT2D eigenvalue weighted by Gasteiger charge is -2.06. The second kappa shape index (κ2) is 7.32. The maximum atomic E-state index is 8.76. The SMILES string of the molecule is N#CC(C#N)=NNc1cccc(-c2ccc3nnc(-c4ccncc4)n3n2)c1. The van der Waals surface area contributed by atoms with Crippen molar-refractivity contribution in [3.05, 3.63) is 60.9 Å². The number of benzene rings is 1. The average molecular weight is 365 g/mol. The Labute approximate surface area is 159 Å². The Morgan fingerprint density at radius 2 is 1.79 bits per heavy atom. The second-order valence-electron chi connectivity index (χ2n) is 5.62. The number of nitrogens with zero attached hydrogens (tertiary/aromatic N) is 8. The van der Waals surface area contributed by atoms with Gasteiger partial charge >= 0.3 is 0 Å². The maximum Gasteiger partial charge on any atom is 0.237 e. The molecule has 0 bridgehead atoms. The maximum absolute atomic E-state index is 8.76. The van der Waals surface area contributed by atoms with Crippen molar-refractivity contribution in [2.45, 2.75) is 0 Å². The first-order valence-corrected chi connectivity index (χ1v) is 8.15. The van der Waals surface area contributed by atoms with Crippen LogP contribution in [0.1, 0.15) is 0 Å². The molecule has 0 saturated carbocycles. The number of nitrogens with one attached hydrogen (secondary N) is 1. The van der Waals surface area contributed by atoms with Gasteiger partial charge in [-0.15, -0.1) is 10.2 Å². The van der Waals surface area contributed by atoms with E-state index in [0.29, 0.717) is 22.9 Å². The van der Waals surface area contributed by atoms with Gasteiger partial charge in [-0.05, 0) is 36.4 Å². The van der Waals surface area contributed by atoms with Crippen molar-refractivity contribution in [1.82, 2.24) is 24.8 Å². The summed E-state index contributed by atoms with van der Waals surface area (Å²) in [7, 11) is 0. The molecule has 0 saturated heterocycles. The molecular weight excluding hydrogens is 354 g/mol. The first-order chi connectivity index (χ1) is 13.8. The number of rotatable bonds is 4. The van der Waals surface area contributed by atoms with E-state index in [1.807, 2.05) is 42.5 Å². The molecule has 0 atom stereocenters. The Morgan fingerprint density at radius 3 is 2.57 bits per heavy atom. The summed E-state index contributed by atoms with van der Waals surface area (Å²) in [5, 5.41) is 34.3. The zero-order chi connectivity index (χ0) is 19.3. The minimum atomic E-state index is -0.253. The Kier molecular flexibility index (Phi) is 4.39. The van der Waals surface area contributed by atoms with E-state index in [4.69, 9.17) is 10.5 Å². The number of pyridine rings is 1. The van der Waals surface area contributed by atoms with E-state index in [1.54, 1.807) is 35.1 Å². The van der Waals surface area contributed by atoms with Gasteiger partial charge in [0, 0.05) is 23.5 Å². The molecule has 3 aromatic heterocycles. The van der Waals surface area contributed by atoms with Gasteiger partial charge in [0.05, 0.1) is 11.4 Å². The van der Waals surface area contributed by atoms with Crippen LogP contribution in [0.5, 0.6) is 0 Å². The highest BCUT2D eigenvalue weighted by atomic mass is 15.4. The lowest BCUT2D eigenvalue weighted by Crippen LogP contribution is -1.98. The van der Waals surface area contributed by atoms with Crippen molar-refractivity contribution in [2.24, 2.45) is 5.10 Å². The van der Waals surface area contributed by atoms with Crippen LogP contribution in [0.15, 0.2) is 66.0 Å². The first-order valence-electron chi connectivity index (χ1n) is 8.15. The van der Waals surface area contributed by atoms with Gasteiger partial charge in [0.1, 0.15) is 12.1 Å². The summed E-state index contributed by atoms with van der Waals surface area (Å²) in [6, 6.07) is 18.1. The number of hydrogen-bond donors (Lipinski definition) is 1. The highest BCUT2D eigenvalue weighted by molar-refractivity contribution is 6.10. The number of aromatic nitrogens is 5. The Bertz CT molecular complexity index is 1240. The summed E-state index contributed by atoms with van der Waals surface area (Å²) in [6.45, 7) is 0. The van der Waals surface area contributed by atoms with E-state index in [9.17, 15) is 0 Å². The monoisotopic (exact) mass is 365 g/mol. The molecule has 132 valence electrons. The van der Waals surface area contributed by atoms with E-state index in [2.05, 4.69) is 30.8 Å². The zero-order valence-electron chi connectivity index (χ0n) is 14.4. The van der Waals surface area contributed by atoms with Crippen LogP contribution in [0.4, 0.5) is 5.69 Å². The van der Waals surface area contributed by atoms with Crippen molar-refractivity contribution in [1.29, 1.82) is 10.5 Å². The van der Waals surface area contributed by atoms with Gasteiger partial charge in [-0.3, -0.25) is 10.4 Å². The van der Waals surface area contributed by atoms with Gasteiger partial charge in [-0.1, -0.05) is 12.1 Å². The van der Waals surface area contributed by atoms with E-state index in [1.165, 1.54) is 0 Å². The van der Waals surface area contributed by atoms with Crippen LogP contribution in [0.2, 0.25) is 0 Å². The molecule has 0 aliphatic carbocycles. The molecule has 0 radical (unpaired) electrons. The van der Waals surface area contributed by atoms with Crippen molar-refractivity contribution in [3.8, 4) is 34.8 Å². The molecule has 4 aromatic rings. The van der Waals surface area contributed by atoms with Crippen molar-refractivity contribution in [3.63, 3.8) is 0 Å². The van der Waals surface area contributed by atoms with E-state index < -0.39 is 0 Å². The highest BCUT2D eigenvalue weighted by Crippen LogP contribution is 2.23. The van der Waals surface area contributed by atoms with E-state index in [-0.39, 0.29) is 5.71 Å². The molecule has 0 aliphatic rings. The standard InChI is InChI=1S/C19H11N9/c20-11-16(12-21)24-23-15-3-1-2-14(10-15)17-4-5-18-25-26-19(28(18)27-17)13-6-8-22-9-7-13/h1-10,23H. The molecule has 28 heavy (non-hydrogen) atoms. The lowest BCUT2D eigenvalue weighted by atomic mass is 10.1. The molecule has 0 unspecified atom stereocenters. The fourth-order valence-electron chi connectivity index (χ4n) is 2.57. The fraction of sp³-hybridized carbons (Fsp3) is 0. The summed E-state index contributed by atoms with van der Waals surface area (Å²) in [5.74, 6) is 0.616. The summed E-state index contributed by atoms with van der Waals surface area (Å²) >= 11 is 0. The van der Waals surface area contributed by atoms with Crippen molar-refractivity contribution >= 4 is 17.0 Å². The predicted octanol–water partition coefficient (Wildman–Crippen LogP) is 2.67. The van der Waals surface area contributed by atoms with Gasteiger partial charge in [-0.25, -0.2) is 0 Å². The zero-order valence-corrected chi connectivity index (χ0v) is 14.4. The number of anilines is 1. The molecular formula is C19H11N9. The van der Waals surface area contributed by atoms with E-state index in [0.717, 1.165) is 11.1 Å². The summed E-state index contributed by atoms with van der Waals surface area (Å²) < 4.78 is 1.67. The van der Waals surface area contributed by atoms with Crippen LogP contribution >= 0.6 is 0 Å². The number of hydrogen-bond acceptors (Lipinski definition) is 8. The van der Waals surface area contributed by atoms with Crippen LogP contribution in [0.25, 0.3) is 28.3 Å². The Balaban J connectivity index is 1.72. The fourth-order valence-corrected chi connectivity index (χ4v) is 2.57. The Hall–Kier alpha value is -4.63. The number of hydrazone groups is 1. The molecule has 0 fully saturated rings. The van der Waals surface area contributed by atoms with Crippen molar-refractivity contribution in [2.75, 3.05) is 5.43 Å². The third kappa shape index (κ3) is 3.23. The van der Waals surface area contributed by atoms with Crippen LogP contribution in [-0.4, -0.2) is 30.5 Å². The number of fused-ring (bicyclic) bond motifs is 1. The quantitative estimate of drug-likeness (QED) is 0.435. The lowest BCUT2D eigenvalue weighted by molar-refractivity contribution is 0.941. The largest absolute Gasteiger partial charge is 0.276 e. The predicted molar refractivity (Wildman–Crippen MR) is 102 cm³/mol.